The van der Waals surface area contributed by atoms with Crippen LogP contribution in [0.1, 0.15) is 45.6 Å². The van der Waals surface area contributed by atoms with Gasteiger partial charge in [-0.25, -0.2) is 5.84 Å². The van der Waals surface area contributed by atoms with E-state index < -0.39 is 0 Å². The van der Waals surface area contributed by atoms with E-state index in [1.807, 2.05) is 18.2 Å². The lowest BCUT2D eigenvalue weighted by molar-refractivity contribution is 0.684. The van der Waals surface area contributed by atoms with E-state index >= 15 is 0 Å². The van der Waals surface area contributed by atoms with E-state index in [0.717, 1.165) is 17.1 Å². The van der Waals surface area contributed by atoms with Crippen LogP contribution in [-0.2, 0) is 0 Å². The van der Waals surface area contributed by atoms with Crippen molar-refractivity contribution in [2.24, 2.45) is 5.84 Å². The molecule has 1 atom stereocenters. The molecule has 90 valence electrons. The predicted octanol–water partition coefficient (Wildman–Crippen LogP) is 3.94. The lowest BCUT2D eigenvalue weighted by Crippen LogP contribution is -2.38. The molecule has 0 aromatic heterocycles. The molecule has 0 amide bonds. The summed E-state index contributed by atoms with van der Waals surface area (Å²) >= 11 is 6.04. The number of anilines is 1. The Bertz CT molecular complexity index is 350. The van der Waals surface area contributed by atoms with E-state index in [2.05, 4.69) is 27.7 Å². The van der Waals surface area contributed by atoms with Gasteiger partial charge in [0.1, 0.15) is 0 Å². The second kappa shape index (κ2) is 5.55. The Morgan fingerprint density at radius 3 is 2.44 bits per heavy atom. The van der Waals surface area contributed by atoms with Gasteiger partial charge in [0.25, 0.3) is 0 Å². The summed E-state index contributed by atoms with van der Waals surface area (Å²) in [6.45, 7) is 8.53. The first-order chi connectivity index (χ1) is 7.47. The third kappa shape index (κ3) is 2.89. The predicted molar refractivity (Wildman–Crippen MR) is 72.0 cm³/mol. The van der Waals surface area contributed by atoms with Gasteiger partial charge < -0.3 is 5.01 Å². The smallest absolute Gasteiger partial charge is 0.0555 e. The molecule has 0 spiro atoms. The van der Waals surface area contributed by atoms with Crippen LogP contribution in [0.3, 0.4) is 0 Å². The van der Waals surface area contributed by atoms with Crippen LogP contribution in [0.4, 0.5) is 5.69 Å². The summed E-state index contributed by atoms with van der Waals surface area (Å²) in [6, 6.07) is 6.20. The monoisotopic (exact) mass is 240 g/mol. The van der Waals surface area contributed by atoms with Crippen LogP contribution < -0.4 is 10.9 Å². The van der Waals surface area contributed by atoms with Gasteiger partial charge in [-0.05, 0) is 49.9 Å². The second-order valence-corrected chi connectivity index (χ2v) is 4.95. The molecular weight excluding hydrogens is 220 g/mol. The van der Waals surface area contributed by atoms with E-state index in [9.17, 15) is 0 Å². The maximum Gasteiger partial charge on any atom is 0.0555 e. The van der Waals surface area contributed by atoms with Crippen molar-refractivity contribution in [2.45, 2.75) is 46.1 Å². The van der Waals surface area contributed by atoms with Crippen LogP contribution in [-0.4, -0.2) is 6.04 Å². The number of benzene rings is 1. The molecule has 1 aromatic carbocycles. The molecule has 2 nitrogen and oxygen atoms in total. The van der Waals surface area contributed by atoms with E-state index in [1.165, 1.54) is 5.56 Å². The molecule has 0 saturated heterocycles. The third-order valence-electron chi connectivity index (χ3n) is 2.97. The summed E-state index contributed by atoms with van der Waals surface area (Å²) in [5.41, 5.74) is 2.31. The molecule has 1 rings (SSSR count). The standard InChI is InChI=1S/C13H21ClN2/c1-5-10(4)12-8-11(14)6-7-13(12)16(15)9(2)3/h6-10H,5,15H2,1-4H3. The van der Waals surface area contributed by atoms with Gasteiger partial charge >= 0.3 is 0 Å². The van der Waals surface area contributed by atoms with Crippen LogP contribution in [0.15, 0.2) is 18.2 Å². The molecule has 1 unspecified atom stereocenters. The van der Waals surface area contributed by atoms with Crippen LogP contribution in [0.5, 0.6) is 0 Å². The van der Waals surface area contributed by atoms with Crippen molar-refractivity contribution < 1.29 is 0 Å². The molecular formula is C13H21ClN2. The minimum Gasteiger partial charge on any atom is -0.308 e. The normalized spacial score (nSPS) is 12.9. The summed E-state index contributed by atoms with van der Waals surface area (Å²) in [7, 11) is 0. The summed E-state index contributed by atoms with van der Waals surface area (Å²) < 4.78 is 0. The number of nitrogens with zero attached hydrogens (tertiary/aromatic N) is 1. The van der Waals surface area contributed by atoms with Crippen molar-refractivity contribution in [2.75, 3.05) is 5.01 Å². The molecule has 3 heteroatoms. The maximum atomic E-state index is 6.07. The Balaban J connectivity index is 3.17. The van der Waals surface area contributed by atoms with E-state index in [-0.39, 0.29) is 6.04 Å². The zero-order valence-corrected chi connectivity index (χ0v) is 11.3. The van der Waals surface area contributed by atoms with Crippen LogP contribution >= 0.6 is 11.6 Å². The fourth-order valence-electron chi connectivity index (χ4n) is 1.65. The average Bonchev–Trinajstić information content (AvgIpc) is 2.26. The number of halogens is 1. The molecule has 0 aliphatic carbocycles. The van der Waals surface area contributed by atoms with E-state index in [4.69, 9.17) is 17.4 Å². The topological polar surface area (TPSA) is 29.3 Å². The molecule has 0 aliphatic heterocycles. The van der Waals surface area contributed by atoms with Crippen LogP contribution in [0.2, 0.25) is 5.02 Å². The largest absolute Gasteiger partial charge is 0.308 e. The average molecular weight is 241 g/mol. The van der Waals surface area contributed by atoms with Gasteiger partial charge in [0.05, 0.1) is 5.69 Å². The highest BCUT2D eigenvalue weighted by molar-refractivity contribution is 6.30. The Morgan fingerprint density at radius 2 is 1.94 bits per heavy atom. The van der Waals surface area contributed by atoms with Crippen LogP contribution in [0, 0.1) is 0 Å². The first-order valence-electron chi connectivity index (χ1n) is 5.80. The minimum atomic E-state index is 0.281. The van der Waals surface area contributed by atoms with Crippen molar-refractivity contribution in [1.82, 2.24) is 0 Å². The Morgan fingerprint density at radius 1 is 1.31 bits per heavy atom. The van der Waals surface area contributed by atoms with Crippen molar-refractivity contribution in [3.8, 4) is 0 Å². The van der Waals surface area contributed by atoms with Crippen molar-refractivity contribution >= 4 is 17.3 Å². The quantitative estimate of drug-likeness (QED) is 0.638. The molecule has 0 heterocycles. The summed E-state index contributed by atoms with van der Waals surface area (Å²) in [4.78, 5) is 0. The highest BCUT2D eigenvalue weighted by Crippen LogP contribution is 2.31. The summed E-state index contributed by atoms with van der Waals surface area (Å²) in [5, 5.41) is 2.58. The van der Waals surface area contributed by atoms with Gasteiger partial charge in [-0.3, -0.25) is 0 Å². The van der Waals surface area contributed by atoms with Crippen molar-refractivity contribution in [1.29, 1.82) is 0 Å². The Kier molecular flexibility index (Phi) is 4.63. The number of rotatable bonds is 4. The fourth-order valence-corrected chi connectivity index (χ4v) is 1.83. The van der Waals surface area contributed by atoms with E-state index in [1.54, 1.807) is 5.01 Å². The molecule has 16 heavy (non-hydrogen) atoms. The lowest BCUT2D eigenvalue weighted by Gasteiger charge is -2.27. The van der Waals surface area contributed by atoms with Gasteiger partial charge in [0.15, 0.2) is 0 Å². The fraction of sp³-hybridized carbons (Fsp3) is 0.538. The molecule has 1 aromatic rings. The van der Waals surface area contributed by atoms with Crippen LogP contribution in [0.25, 0.3) is 0 Å². The zero-order chi connectivity index (χ0) is 12.3. The van der Waals surface area contributed by atoms with Gasteiger partial charge in [-0.15, -0.1) is 0 Å². The van der Waals surface area contributed by atoms with Gasteiger partial charge in [0, 0.05) is 11.1 Å². The molecule has 0 bridgehead atoms. The zero-order valence-electron chi connectivity index (χ0n) is 10.5. The van der Waals surface area contributed by atoms with Gasteiger partial charge in [-0.2, -0.15) is 0 Å². The molecule has 2 N–H and O–H groups in total. The summed E-state index contributed by atoms with van der Waals surface area (Å²) in [6.07, 6.45) is 1.08. The maximum absolute atomic E-state index is 6.07. The molecule has 0 aliphatic rings. The molecule has 0 saturated carbocycles. The second-order valence-electron chi connectivity index (χ2n) is 4.51. The number of hydrogen-bond acceptors (Lipinski definition) is 2. The first kappa shape index (κ1) is 13.3. The molecule has 0 fully saturated rings. The number of nitrogens with two attached hydrogens (primary N) is 1. The van der Waals surface area contributed by atoms with Gasteiger partial charge in [-0.1, -0.05) is 25.4 Å². The number of hydrogen-bond donors (Lipinski definition) is 1. The van der Waals surface area contributed by atoms with Crippen molar-refractivity contribution in [3.05, 3.63) is 28.8 Å². The Labute approximate surface area is 103 Å². The van der Waals surface area contributed by atoms with Gasteiger partial charge in [0.2, 0.25) is 0 Å². The SMILES string of the molecule is CCC(C)c1cc(Cl)ccc1N(N)C(C)C. The van der Waals surface area contributed by atoms with Crippen molar-refractivity contribution in [3.63, 3.8) is 0 Å². The first-order valence-corrected chi connectivity index (χ1v) is 6.18. The Hall–Kier alpha value is -0.730. The minimum absolute atomic E-state index is 0.281. The number of hydrazine groups is 1. The lowest BCUT2D eigenvalue weighted by atomic mass is 9.96. The highest BCUT2D eigenvalue weighted by Gasteiger charge is 2.15. The van der Waals surface area contributed by atoms with E-state index in [0.29, 0.717) is 5.92 Å². The highest BCUT2D eigenvalue weighted by atomic mass is 35.5. The summed E-state index contributed by atoms with van der Waals surface area (Å²) in [5.74, 6) is 6.54. The third-order valence-corrected chi connectivity index (χ3v) is 3.20. The molecule has 0 radical (unpaired) electrons.